The Morgan fingerprint density at radius 2 is 1.94 bits per heavy atom. The third-order valence-corrected chi connectivity index (χ3v) is 2.83. The summed E-state index contributed by atoms with van der Waals surface area (Å²) in [5.74, 6) is 0.769. The van der Waals surface area contributed by atoms with Gasteiger partial charge in [-0.25, -0.2) is 4.98 Å². The van der Waals surface area contributed by atoms with Crippen molar-refractivity contribution in [2.24, 2.45) is 0 Å². The van der Waals surface area contributed by atoms with Crippen LogP contribution in [0, 0.1) is 0 Å². The zero-order valence-corrected chi connectivity index (χ0v) is 10.7. The van der Waals surface area contributed by atoms with Gasteiger partial charge in [0.2, 0.25) is 0 Å². The Kier molecular flexibility index (Phi) is 5.64. The Hall–Kier alpha value is -0.730. The standard InChI is InChI=1S/C12H15ClN2.ClH/c13-8-4-1-5-9-15-10-14-11-6-2-3-7-12(11)15;/h2-3,6-7,10H,1,4-5,8-9H2;1H. The number of para-hydroxylation sites is 2. The van der Waals surface area contributed by atoms with Crippen molar-refractivity contribution in [3.8, 4) is 0 Å². The van der Waals surface area contributed by atoms with Crippen LogP contribution >= 0.6 is 24.0 Å². The molecule has 0 bridgehead atoms. The smallest absolute Gasteiger partial charge is 0.0958 e. The lowest BCUT2D eigenvalue weighted by atomic mass is 10.2. The Balaban J connectivity index is 0.00000128. The number of benzene rings is 1. The van der Waals surface area contributed by atoms with Crippen molar-refractivity contribution in [1.82, 2.24) is 9.55 Å². The summed E-state index contributed by atoms with van der Waals surface area (Å²) < 4.78 is 2.21. The monoisotopic (exact) mass is 258 g/mol. The topological polar surface area (TPSA) is 17.8 Å². The summed E-state index contributed by atoms with van der Waals surface area (Å²) in [4.78, 5) is 4.35. The third-order valence-electron chi connectivity index (χ3n) is 2.56. The van der Waals surface area contributed by atoms with E-state index in [1.807, 2.05) is 18.5 Å². The maximum absolute atomic E-state index is 5.64. The molecular formula is C12H16Cl2N2. The highest BCUT2D eigenvalue weighted by molar-refractivity contribution is 6.17. The molecule has 4 heteroatoms. The number of unbranched alkanes of at least 4 members (excludes halogenated alkanes) is 2. The first kappa shape index (κ1) is 13.3. The molecule has 0 saturated heterocycles. The molecule has 1 heterocycles. The third kappa shape index (κ3) is 3.13. The van der Waals surface area contributed by atoms with Crippen LogP contribution in [0.25, 0.3) is 11.0 Å². The zero-order valence-electron chi connectivity index (χ0n) is 9.10. The number of fused-ring (bicyclic) bond motifs is 1. The number of aromatic nitrogens is 2. The van der Waals surface area contributed by atoms with E-state index in [0.717, 1.165) is 24.4 Å². The first-order valence-electron chi connectivity index (χ1n) is 5.37. The molecule has 2 aromatic rings. The van der Waals surface area contributed by atoms with Gasteiger partial charge in [0, 0.05) is 12.4 Å². The largest absolute Gasteiger partial charge is 0.331 e. The van der Waals surface area contributed by atoms with E-state index in [2.05, 4.69) is 21.7 Å². The molecule has 0 aliphatic rings. The number of hydrogen-bond acceptors (Lipinski definition) is 1. The van der Waals surface area contributed by atoms with Crippen LogP contribution < -0.4 is 0 Å². The molecule has 0 unspecified atom stereocenters. The zero-order chi connectivity index (χ0) is 10.5. The molecule has 1 aromatic carbocycles. The summed E-state index contributed by atoms with van der Waals surface area (Å²) in [6, 6.07) is 8.24. The van der Waals surface area contributed by atoms with Gasteiger partial charge >= 0.3 is 0 Å². The van der Waals surface area contributed by atoms with Crippen molar-refractivity contribution in [2.45, 2.75) is 25.8 Å². The highest BCUT2D eigenvalue weighted by atomic mass is 35.5. The van der Waals surface area contributed by atoms with E-state index in [-0.39, 0.29) is 12.4 Å². The highest BCUT2D eigenvalue weighted by Crippen LogP contribution is 2.12. The Morgan fingerprint density at radius 1 is 1.12 bits per heavy atom. The minimum absolute atomic E-state index is 0. The summed E-state index contributed by atoms with van der Waals surface area (Å²) in [5.41, 5.74) is 2.30. The van der Waals surface area contributed by atoms with Crippen LogP contribution in [-0.2, 0) is 6.54 Å². The molecule has 2 rings (SSSR count). The fourth-order valence-electron chi connectivity index (χ4n) is 1.74. The minimum atomic E-state index is 0. The van der Waals surface area contributed by atoms with Crippen molar-refractivity contribution in [3.63, 3.8) is 0 Å². The summed E-state index contributed by atoms with van der Waals surface area (Å²) in [6.45, 7) is 1.04. The molecule has 2 nitrogen and oxygen atoms in total. The first-order valence-corrected chi connectivity index (χ1v) is 5.91. The van der Waals surface area contributed by atoms with Crippen molar-refractivity contribution < 1.29 is 0 Å². The fraction of sp³-hybridized carbons (Fsp3) is 0.417. The average Bonchev–Trinajstić information content (AvgIpc) is 2.68. The number of hydrogen-bond donors (Lipinski definition) is 0. The van der Waals surface area contributed by atoms with Gasteiger partial charge in [0.15, 0.2) is 0 Å². The lowest BCUT2D eigenvalue weighted by molar-refractivity contribution is 0.614. The van der Waals surface area contributed by atoms with Gasteiger partial charge in [-0.1, -0.05) is 18.6 Å². The van der Waals surface area contributed by atoms with Gasteiger partial charge in [-0.05, 0) is 25.0 Å². The van der Waals surface area contributed by atoms with Gasteiger partial charge in [0.1, 0.15) is 0 Å². The summed E-state index contributed by atoms with van der Waals surface area (Å²) in [5, 5.41) is 0. The number of halogens is 2. The molecule has 0 radical (unpaired) electrons. The van der Waals surface area contributed by atoms with E-state index < -0.39 is 0 Å². The maximum atomic E-state index is 5.64. The van der Waals surface area contributed by atoms with Crippen LogP contribution in [0.5, 0.6) is 0 Å². The van der Waals surface area contributed by atoms with E-state index in [9.17, 15) is 0 Å². The molecule has 0 N–H and O–H groups in total. The summed E-state index contributed by atoms with van der Waals surface area (Å²) >= 11 is 5.64. The predicted octanol–water partition coefficient (Wildman–Crippen LogP) is 3.87. The second kappa shape index (κ2) is 6.77. The quantitative estimate of drug-likeness (QED) is 0.588. The molecule has 0 saturated carbocycles. The Bertz CT molecular complexity index is 426. The molecule has 0 amide bonds. The van der Waals surface area contributed by atoms with Gasteiger partial charge < -0.3 is 4.57 Å². The van der Waals surface area contributed by atoms with Crippen LogP contribution in [0.2, 0.25) is 0 Å². The molecule has 1 aromatic heterocycles. The van der Waals surface area contributed by atoms with Crippen LogP contribution in [0.1, 0.15) is 19.3 Å². The van der Waals surface area contributed by atoms with Crippen LogP contribution in [0.3, 0.4) is 0 Å². The maximum Gasteiger partial charge on any atom is 0.0958 e. The minimum Gasteiger partial charge on any atom is -0.331 e. The molecular weight excluding hydrogens is 243 g/mol. The average molecular weight is 259 g/mol. The summed E-state index contributed by atoms with van der Waals surface area (Å²) in [7, 11) is 0. The number of rotatable bonds is 5. The van der Waals surface area contributed by atoms with Crippen molar-refractivity contribution >= 4 is 35.0 Å². The van der Waals surface area contributed by atoms with E-state index in [0.29, 0.717) is 0 Å². The number of alkyl halides is 1. The van der Waals surface area contributed by atoms with Gasteiger partial charge in [-0.3, -0.25) is 0 Å². The number of imidazole rings is 1. The van der Waals surface area contributed by atoms with Crippen LogP contribution in [0.4, 0.5) is 0 Å². The lowest BCUT2D eigenvalue weighted by Gasteiger charge is -2.02. The highest BCUT2D eigenvalue weighted by Gasteiger charge is 1.99. The molecule has 0 aliphatic heterocycles. The van der Waals surface area contributed by atoms with Crippen LogP contribution in [-0.4, -0.2) is 15.4 Å². The normalized spacial score (nSPS) is 10.3. The molecule has 0 atom stereocenters. The second-order valence-corrected chi connectivity index (χ2v) is 4.05. The van der Waals surface area contributed by atoms with Gasteiger partial charge in [0.05, 0.1) is 17.4 Å². The van der Waals surface area contributed by atoms with Crippen molar-refractivity contribution in [3.05, 3.63) is 30.6 Å². The predicted molar refractivity (Wildman–Crippen MR) is 71.6 cm³/mol. The van der Waals surface area contributed by atoms with E-state index >= 15 is 0 Å². The molecule has 16 heavy (non-hydrogen) atoms. The van der Waals surface area contributed by atoms with Crippen molar-refractivity contribution in [2.75, 3.05) is 5.88 Å². The fourth-order valence-corrected chi connectivity index (χ4v) is 1.93. The SMILES string of the molecule is Cl.ClCCCCCn1cnc2ccccc21. The lowest BCUT2D eigenvalue weighted by Crippen LogP contribution is -1.95. The second-order valence-electron chi connectivity index (χ2n) is 3.68. The van der Waals surface area contributed by atoms with Crippen molar-refractivity contribution in [1.29, 1.82) is 0 Å². The first-order chi connectivity index (χ1) is 7.42. The summed E-state index contributed by atoms with van der Waals surface area (Å²) in [6.07, 6.45) is 5.39. The molecule has 88 valence electrons. The van der Waals surface area contributed by atoms with E-state index in [1.165, 1.54) is 18.4 Å². The molecule has 0 spiro atoms. The van der Waals surface area contributed by atoms with Gasteiger partial charge in [0.25, 0.3) is 0 Å². The Labute approximate surface area is 107 Å². The van der Waals surface area contributed by atoms with Gasteiger partial charge in [-0.15, -0.1) is 24.0 Å². The number of nitrogens with zero attached hydrogens (tertiary/aromatic N) is 2. The Morgan fingerprint density at radius 3 is 2.75 bits per heavy atom. The number of aryl methyl sites for hydroxylation is 1. The molecule has 0 fully saturated rings. The van der Waals surface area contributed by atoms with E-state index in [4.69, 9.17) is 11.6 Å². The van der Waals surface area contributed by atoms with Crippen LogP contribution in [0.15, 0.2) is 30.6 Å². The molecule has 0 aliphatic carbocycles. The van der Waals surface area contributed by atoms with E-state index in [1.54, 1.807) is 0 Å². The van der Waals surface area contributed by atoms with Gasteiger partial charge in [-0.2, -0.15) is 0 Å².